The number of anilines is 2. The summed E-state index contributed by atoms with van der Waals surface area (Å²) in [6.07, 6.45) is 3.73. The third kappa shape index (κ3) is 3.01. The Morgan fingerprint density at radius 3 is 2.57 bits per heavy atom. The summed E-state index contributed by atoms with van der Waals surface area (Å²) in [7, 11) is 0. The minimum Gasteiger partial charge on any atom is -0.383 e. The van der Waals surface area contributed by atoms with Gasteiger partial charge in [0.15, 0.2) is 0 Å². The summed E-state index contributed by atoms with van der Waals surface area (Å²) in [6.45, 7) is 5.94. The molecule has 0 atom stereocenters. The zero-order valence-electron chi connectivity index (χ0n) is 12.5. The fourth-order valence-electron chi connectivity index (χ4n) is 2.52. The molecule has 1 saturated heterocycles. The summed E-state index contributed by atoms with van der Waals surface area (Å²) < 4.78 is 0. The number of hydrogen-bond acceptors (Lipinski definition) is 6. The number of hydrogen-bond donors (Lipinski definition) is 2. The van der Waals surface area contributed by atoms with Crippen LogP contribution in [0.5, 0.6) is 0 Å². The molecule has 0 aliphatic carbocycles. The number of nitrogens with two attached hydrogens (primary N) is 2. The zero-order chi connectivity index (χ0) is 15.0. The number of aromatic nitrogens is 2. The average molecular weight is 303 g/mol. The standard InChI is InChI=1S/C15H21N5S/c1-10-3-4-12(21-10)11-9-18-14(19-13(11)16)20-7-5-15(2,17)6-8-20/h3-4,9H,5-8,17H2,1-2H3,(H2,16,18,19). The molecule has 1 aliphatic heterocycles. The smallest absolute Gasteiger partial charge is 0.227 e. The van der Waals surface area contributed by atoms with Gasteiger partial charge < -0.3 is 16.4 Å². The highest BCUT2D eigenvalue weighted by molar-refractivity contribution is 7.15. The van der Waals surface area contributed by atoms with Gasteiger partial charge in [-0.05, 0) is 38.8 Å². The lowest BCUT2D eigenvalue weighted by Gasteiger charge is -2.36. The maximum atomic E-state index is 6.16. The van der Waals surface area contributed by atoms with E-state index in [4.69, 9.17) is 11.5 Å². The van der Waals surface area contributed by atoms with Gasteiger partial charge in [0.05, 0.1) is 5.56 Å². The van der Waals surface area contributed by atoms with E-state index in [1.54, 1.807) is 11.3 Å². The zero-order valence-corrected chi connectivity index (χ0v) is 13.3. The van der Waals surface area contributed by atoms with Crippen LogP contribution in [-0.4, -0.2) is 28.6 Å². The van der Waals surface area contributed by atoms with Crippen molar-refractivity contribution < 1.29 is 0 Å². The first-order valence-electron chi connectivity index (χ1n) is 7.18. The molecule has 21 heavy (non-hydrogen) atoms. The molecule has 0 aromatic carbocycles. The first-order valence-corrected chi connectivity index (χ1v) is 7.99. The lowest BCUT2D eigenvalue weighted by molar-refractivity contribution is 0.362. The maximum absolute atomic E-state index is 6.16. The molecular formula is C15H21N5S. The van der Waals surface area contributed by atoms with Crippen LogP contribution >= 0.6 is 11.3 Å². The Morgan fingerprint density at radius 2 is 2.00 bits per heavy atom. The van der Waals surface area contributed by atoms with E-state index in [9.17, 15) is 0 Å². The lowest BCUT2D eigenvalue weighted by atomic mass is 9.91. The van der Waals surface area contributed by atoms with Crippen LogP contribution in [0.1, 0.15) is 24.6 Å². The van der Waals surface area contributed by atoms with Crippen LogP contribution < -0.4 is 16.4 Å². The van der Waals surface area contributed by atoms with Crippen molar-refractivity contribution in [3.63, 3.8) is 0 Å². The SMILES string of the molecule is Cc1ccc(-c2cnc(N3CCC(C)(N)CC3)nc2N)s1. The van der Waals surface area contributed by atoms with Crippen molar-refractivity contribution in [2.75, 3.05) is 23.7 Å². The van der Waals surface area contributed by atoms with Crippen LogP contribution in [0.15, 0.2) is 18.3 Å². The summed E-state index contributed by atoms with van der Waals surface area (Å²) in [5.74, 6) is 1.25. The van der Waals surface area contributed by atoms with Gasteiger partial charge in [-0.15, -0.1) is 11.3 Å². The minimum atomic E-state index is -0.0729. The van der Waals surface area contributed by atoms with Gasteiger partial charge in [0.1, 0.15) is 5.82 Å². The molecule has 0 amide bonds. The third-order valence-corrected chi connectivity index (χ3v) is 5.03. The van der Waals surface area contributed by atoms with Crippen LogP contribution in [0.4, 0.5) is 11.8 Å². The first-order chi connectivity index (χ1) is 9.94. The number of thiophene rings is 1. The van der Waals surface area contributed by atoms with E-state index in [0.717, 1.165) is 36.4 Å². The average Bonchev–Trinajstić information content (AvgIpc) is 2.85. The second kappa shape index (κ2) is 5.27. The molecule has 0 bridgehead atoms. The maximum Gasteiger partial charge on any atom is 0.227 e. The van der Waals surface area contributed by atoms with Gasteiger partial charge in [-0.2, -0.15) is 4.98 Å². The van der Waals surface area contributed by atoms with Crippen LogP contribution in [0.2, 0.25) is 0 Å². The highest BCUT2D eigenvalue weighted by Crippen LogP contribution is 2.32. The fourth-order valence-corrected chi connectivity index (χ4v) is 3.41. The van der Waals surface area contributed by atoms with Crippen molar-refractivity contribution in [3.8, 4) is 10.4 Å². The van der Waals surface area contributed by atoms with E-state index < -0.39 is 0 Å². The van der Waals surface area contributed by atoms with E-state index >= 15 is 0 Å². The fraction of sp³-hybridized carbons (Fsp3) is 0.467. The molecule has 4 N–H and O–H groups in total. The Morgan fingerprint density at radius 1 is 1.29 bits per heavy atom. The van der Waals surface area contributed by atoms with Gasteiger partial charge in [0.2, 0.25) is 5.95 Å². The van der Waals surface area contributed by atoms with Crippen molar-refractivity contribution in [2.45, 2.75) is 32.2 Å². The summed E-state index contributed by atoms with van der Waals surface area (Å²) in [5, 5.41) is 0. The van der Waals surface area contributed by atoms with Crippen LogP contribution in [-0.2, 0) is 0 Å². The van der Waals surface area contributed by atoms with E-state index in [1.807, 2.05) is 6.20 Å². The van der Waals surface area contributed by atoms with Gasteiger partial charge in [-0.1, -0.05) is 0 Å². The van der Waals surface area contributed by atoms with Crippen LogP contribution in [0, 0.1) is 6.92 Å². The summed E-state index contributed by atoms with van der Waals surface area (Å²) in [4.78, 5) is 13.5. The Labute approximate surface area is 129 Å². The van der Waals surface area contributed by atoms with E-state index in [0.29, 0.717) is 11.8 Å². The molecule has 0 unspecified atom stereocenters. The third-order valence-electron chi connectivity index (χ3n) is 4.00. The van der Waals surface area contributed by atoms with Crippen molar-refractivity contribution in [3.05, 3.63) is 23.2 Å². The first kappa shape index (κ1) is 14.3. The molecule has 0 radical (unpaired) electrons. The normalized spacial score (nSPS) is 18.0. The van der Waals surface area contributed by atoms with Crippen molar-refractivity contribution in [1.29, 1.82) is 0 Å². The predicted molar refractivity (Wildman–Crippen MR) is 88.5 cm³/mol. The molecule has 0 saturated carbocycles. The van der Waals surface area contributed by atoms with Gasteiger partial charge in [-0.3, -0.25) is 0 Å². The number of aryl methyl sites for hydroxylation is 1. The lowest BCUT2D eigenvalue weighted by Crippen LogP contribution is -2.48. The topological polar surface area (TPSA) is 81.1 Å². The van der Waals surface area contributed by atoms with Gasteiger partial charge in [0.25, 0.3) is 0 Å². The molecule has 1 aliphatic rings. The minimum absolute atomic E-state index is 0.0729. The van der Waals surface area contributed by atoms with Gasteiger partial charge >= 0.3 is 0 Å². The van der Waals surface area contributed by atoms with E-state index in [1.165, 1.54) is 4.88 Å². The van der Waals surface area contributed by atoms with E-state index in [-0.39, 0.29) is 5.54 Å². The highest BCUT2D eigenvalue weighted by Gasteiger charge is 2.27. The van der Waals surface area contributed by atoms with Crippen LogP contribution in [0.25, 0.3) is 10.4 Å². The Bertz CT molecular complexity index is 639. The van der Waals surface area contributed by atoms with Crippen molar-refractivity contribution in [1.82, 2.24) is 9.97 Å². The largest absolute Gasteiger partial charge is 0.383 e. The second-order valence-corrected chi connectivity index (χ2v) is 7.31. The Kier molecular flexibility index (Phi) is 3.59. The molecule has 1 fully saturated rings. The predicted octanol–water partition coefficient (Wildman–Crippen LogP) is 2.41. The summed E-state index contributed by atoms with van der Waals surface area (Å²) in [5.41, 5.74) is 13.1. The molecule has 2 aromatic rings. The molecule has 3 heterocycles. The highest BCUT2D eigenvalue weighted by atomic mass is 32.1. The molecule has 5 nitrogen and oxygen atoms in total. The number of nitrogens with zero attached hydrogens (tertiary/aromatic N) is 3. The molecular weight excluding hydrogens is 282 g/mol. The monoisotopic (exact) mass is 303 g/mol. The number of rotatable bonds is 2. The summed E-state index contributed by atoms with van der Waals surface area (Å²) in [6, 6.07) is 4.15. The molecule has 3 rings (SSSR count). The Balaban J connectivity index is 1.82. The second-order valence-electron chi connectivity index (χ2n) is 6.02. The van der Waals surface area contributed by atoms with Crippen LogP contribution in [0.3, 0.4) is 0 Å². The summed E-state index contributed by atoms with van der Waals surface area (Å²) >= 11 is 1.71. The quantitative estimate of drug-likeness (QED) is 0.890. The van der Waals surface area contributed by atoms with Crippen molar-refractivity contribution in [2.24, 2.45) is 5.73 Å². The van der Waals surface area contributed by atoms with Crippen molar-refractivity contribution >= 4 is 23.1 Å². The number of piperidine rings is 1. The number of nitrogen functional groups attached to an aromatic ring is 1. The molecule has 6 heteroatoms. The molecule has 112 valence electrons. The van der Waals surface area contributed by atoms with Gasteiger partial charge in [0, 0.05) is 34.6 Å². The Hall–Kier alpha value is -1.66. The van der Waals surface area contributed by atoms with E-state index in [2.05, 4.69) is 40.8 Å². The molecule has 2 aromatic heterocycles. The van der Waals surface area contributed by atoms with Gasteiger partial charge in [-0.25, -0.2) is 4.98 Å². The molecule has 0 spiro atoms.